The number of anilines is 2. The highest BCUT2D eigenvalue weighted by Crippen LogP contribution is 2.28. The van der Waals surface area contributed by atoms with Crippen molar-refractivity contribution in [3.63, 3.8) is 0 Å². The number of benzene rings is 1. The van der Waals surface area contributed by atoms with Crippen molar-refractivity contribution in [2.45, 2.75) is 24.2 Å². The quantitative estimate of drug-likeness (QED) is 0.669. The van der Waals surface area contributed by atoms with E-state index in [2.05, 4.69) is 25.4 Å². The van der Waals surface area contributed by atoms with Gasteiger partial charge in [-0.05, 0) is 37.5 Å². The summed E-state index contributed by atoms with van der Waals surface area (Å²) in [7, 11) is -2.45. The molecule has 0 spiro atoms. The monoisotopic (exact) mass is 450 g/mol. The molecule has 0 saturated carbocycles. The Morgan fingerprint density at radius 1 is 1.16 bits per heavy atom. The van der Waals surface area contributed by atoms with Crippen LogP contribution in [0.2, 0.25) is 0 Å². The van der Waals surface area contributed by atoms with E-state index in [1.54, 1.807) is 0 Å². The molecule has 11 nitrogen and oxygen atoms in total. The first kappa shape index (κ1) is 21.5. The number of aromatic amines is 1. The van der Waals surface area contributed by atoms with Gasteiger partial charge in [-0.3, -0.25) is 10.1 Å². The second kappa shape index (κ2) is 9.20. The molecule has 2 N–H and O–H groups in total. The number of sulfonamides is 1. The first-order chi connectivity index (χ1) is 15.0. The molecule has 2 fully saturated rings. The predicted molar refractivity (Wildman–Crippen MR) is 113 cm³/mol. The molecule has 0 bridgehead atoms. The Kier molecular flexibility index (Phi) is 6.39. The van der Waals surface area contributed by atoms with Crippen LogP contribution in [0.5, 0.6) is 5.75 Å². The molecule has 2 aromatic rings. The zero-order valence-corrected chi connectivity index (χ0v) is 18.2. The molecule has 4 rings (SSSR count). The minimum Gasteiger partial charge on any atom is -0.495 e. The summed E-state index contributed by atoms with van der Waals surface area (Å²) in [5.74, 6) is 0.428. The van der Waals surface area contributed by atoms with E-state index < -0.39 is 15.9 Å². The van der Waals surface area contributed by atoms with Crippen LogP contribution in [0.3, 0.4) is 0 Å². The van der Waals surface area contributed by atoms with Crippen LogP contribution in [0, 0.1) is 0 Å². The summed E-state index contributed by atoms with van der Waals surface area (Å²) in [6, 6.07) is 4.30. The lowest BCUT2D eigenvalue weighted by Crippen LogP contribution is -2.40. The molecule has 1 aromatic heterocycles. The van der Waals surface area contributed by atoms with Gasteiger partial charge in [-0.1, -0.05) is 0 Å². The predicted octanol–water partition coefficient (Wildman–Crippen LogP) is 1.08. The molecule has 0 aliphatic carbocycles. The molecule has 12 heteroatoms. The summed E-state index contributed by atoms with van der Waals surface area (Å²) < 4.78 is 38.0. The summed E-state index contributed by atoms with van der Waals surface area (Å²) in [5.41, 5.74) is 0.170. The first-order valence-electron chi connectivity index (χ1n) is 10.2. The first-order valence-corrected chi connectivity index (χ1v) is 11.7. The van der Waals surface area contributed by atoms with Crippen molar-refractivity contribution in [1.29, 1.82) is 0 Å². The van der Waals surface area contributed by atoms with E-state index in [9.17, 15) is 13.2 Å². The molecule has 168 valence electrons. The molecule has 0 radical (unpaired) electrons. The number of methoxy groups -OCH3 is 1. The average molecular weight is 451 g/mol. The van der Waals surface area contributed by atoms with Gasteiger partial charge in [-0.15, -0.1) is 5.10 Å². The topological polar surface area (TPSA) is 130 Å². The number of amides is 1. The van der Waals surface area contributed by atoms with E-state index in [4.69, 9.17) is 9.47 Å². The summed E-state index contributed by atoms with van der Waals surface area (Å²) in [5, 5.41) is 9.55. The fraction of sp³-hybridized carbons (Fsp3) is 0.526. The minimum atomic E-state index is -3.84. The number of nitrogens with zero attached hydrogens (tertiary/aromatic N) is 4. The molecular weight excluding hydrogens is 424 g/mol. The molecule has 31 heavy (non-hydrogen) atoms. The van der Waals surface area contributed by atoms with Crippen LogP contribution < -0.4 is 15.0 Å². The highest BCUT2D eigenvalue weighted by molar-refractivity contribution is 7.89. The molecule has 3 heterocycles. The van der Waals surface area contributed by atoms with Crippen molar-refractivity contribution in [3.05, 3.63) is 23.8 Å². The van der Waals surface area contributed by atoms with Crippen LogP contribution in [0.15, 0.2) is 23.1 Å². The van der Waals surface area contributed by atoms with Crippen molar-refractivity contribution in [1.82, 2.24) is 19.5 Å². The molecular formula is C19H26N6O5S. The van der Waals surface area contributed by atoms with E-state index in [-0.39, 0.29) is 35.2 Å². The number of aromatic nitrogens is 3. The van der Waals surface area contributed by atoms with Gasteiger partial charge in [0.2, 0.25) is 21.9 Å². The number of carbonyl (C=O) groups excluding carboxylic acids is 1. The summed E-state index contributed by atoms with van der Waals surface area (Å²) in [4.78, 5) is 19.1. The summed E-state index contributed by atoms with van der Waals surface area (Å²) in [6.07, 6.45) is 3.36. The van der Waals surface area contributed by atoms with Gasteiger partial charge >= 0.3 is 0 Å². The van der Waals surface area contributed by atoms with Gasteiger partial charge in [0.1, 0.15) is 10.6 Å². The largest absolute Gasteiger partial charge is 0.495 e. The van der Waals surface area contributed by atoms with Gasteiger partial charge in [0, 0.05) is 31.7 Å². The van der Waals surface area contributed by atoms with E-state index in [1.807, 2.05) is 0 Å². The maximum absolute atomic E-state index is 13.1. The van der Waals surface area contributed by atoms with Gasteiger partial charge in [-0.25, -0.2) is 13.5 Å². The molecule has 0 unspecified atom stereocenters. The van der Waals surface area contributed by atoms with Gasteiger partial charge in [-0.2, -0.15) is 9.29 Å². The number of nitrogens with one attached hydrogen (secondary N) is 2. The number of piperidine rings is 1. The van der Waals surface area contributed by atoms with Crippen LogP contribution in [0.1, 0.15) is 29.6 Å². The molecule has 1 aromatic carbocycles. The molecule has 2 saturated heterocycles. The van der Waals surface area contributed by atoms with Crippen LogP contribution in [-0.2, 0) is 14.8 Å². The summed E-state index contributed by atoms with van der Waals surface area (Å²) in [6.45, 7) is 2.91. The normalized spacial score (nSPS) is 18.0. The fourth-order valence-corrected chi connectivity index (χ4v) is 5.26. The Morgan fingerprint density at radius 2 is 1.90 bits per heavy atom. The van der Waals surface area contributed by atoms with Crippen LogP contribution in [0.25, 0.3) is 0 Å². The zero-order chi connectivity index (χ0) is 21.8. The van der Waals surface area contributed by atoms with Crippen LogP contribution in [0.4, 0.5) is 11.9 Å². The van der Waals surface area contributed by atoms with E-state index in [0.29, 0.717) is 19.2 Å². The Labute approximate surface area is 180 Å². The van der Waals surface area contributed by atoms with Crippen molar-refractivity contribution in [2.24, 2.45) is 0 Å². The standard InChI is InChI=1S/C19H26N6O5S/c1-29-15-6-5-14(13-16(15)31(27,28)25-9-11-30-12-10-25)17(26)20-18-21-19(23-22-18)24-7-3-2-4-8-24/h5-6,13H,2-4,7-12H2,1H3,(H2,20,21,22,23,26). The third-order valence-electron chi connectivity index (χ3n) is 5.36. The Hall–Kier alpha value is -2.70. The SMILES string of the molecule is COc1ccc(C(=O)Nc2nc(N3CCCCC3)n[nH]2)cc1S(=O)(=O)N1CCOCC1. The second-order valence-electron chi connectivity index (χ2n) is 7.37. The maximum Gasteiger partial charge on any atom is 0.258 e. The average Bonchev–Trinajstić information content (AvgIpc) is 3.28. The van der Waals surface area contributed by atoms with E-state index in [0.717, 1.165) is 25.9 Å². The lowest BCUT2D eigenvalue weighted by Gasteiger charge is -2.26. The number of hydrogen-bond acceptors (Lipinski definition) is 8. The maximum atomic E-state index is 13.1. The minimum absolute atomic E-state index is 0.0591. The molecule has 2 aliphatic heterocycles. The highest BCUT2D eigenvalue weighted by atomic mass is 32.2. The molecule has 2 aliphatic rings. The van der Waals surface area contributed by atoms with Gasteiger partial charge in [0.05, 0.1) is 20.3 Å². The Morgan fingerprint density at radius 3 is 2.61 bits per heavy atom. The van der Waals surface area contributed by atoms with Crippen LogP contribution in [-0.4, -0.2) is 80.3 Å². The Bertz CT molecular complexity index is 1030. The van der Waals surface area contributed by atoms with Crippen molar-refractivity contribution in [3.8, 4) is 5.75 Å². The summed E-state index contributed by atoms with van der Waals surface area (Å²) >= 11 is 0. The van der Waals surface area contributed by atoms with Gasteiger partial charge in [0.25, 0.3) is 5.91 Å². The van der Waals surface area contributed by atoms with Crippen molar-refractivity contribution < 1.29 is 22.7 Å². The van der Waals surface area contributed by atoms with Crippen molar-refractivity contribution in [2.75, 3.05) is 56.7 Å². The molecule has 0 atom stereocenters. The smallest absolute Gasteiger partial charge is 0.258 e. The van der Waals surface area contributed by atoms with E-state index in [1.165, 1.54) is 36.0 Å². The third-order valence-corrected chi connectivity index (χ3v) is 7.28. The number of morpholine rings is 1. The lowest BCUT2D eigenvalue weighted by molar-refractivity contribution is 0.0729. The third kappa shape index (κ3) is 4.65. The number of hydrogen-bond donors (Lipinski definition) is 2. The molecule has 1 amide bonds. The fourth-order valence-electron chi connectivity index (χ4n) is 3.67. The number of carbonyl (C=O) groups is 1. The zero-order valence-electron chi connectivity index (χ0n) is 17.3. The second-order valence-corrected chi connectivity index (χ2v) is 9.27. The van der Waals surface area contributed by atoms with E-state index >= 15 is 0 Å². The number of H-pyrrole nitrogens is 1. The van der Waals surface area contributed by atoms with Crippen LogP contribution >= 0.6 is 0 Å². The van der Waals surface area contributed by atoms with Gasteiger partial charge in [0.15, 0.2) is 0 Å². The number of rotatable bonds is 6. The number of ether oxygens (including phenoxy) is 2. The van der Waals surface area contributed by atoms with Crippen molar-refractivity contribution >= 4 is 27.8 Å². The lowest BCUT2D eigenvalue weighted by atomic mass is 10.1. The highest BCUT2D eigenvalue weighted by Gasteiger charge is 2.30. The van der Waals surface area contributed by atoms with Gasteiger partial charge < -0.3 is 14.4 Å². The Balaban J connectivity index is 1.53.